The number of amides is 1. The second-order valence-electron chi connectivity index (χ2n) is 8.54. The molecule has 0 saturated heterocycles. The highest BCUT2D eigenvalue weighted by molar-refractivity contribution is 6.05. The van der Waals surface area contributed by atoms with Gasteiger partial charge in [0, 0.05) is 41.8 Å². The molecule has 3 aromatic rings. The average molecular weight is 448 g/mol. The van der Waals surface area contributed by atoms with E-state index in [1.54, 1.807) is 18.2 Å². The van der Waals surface area contributed by atoms with Crippen LogP contribution in [0.15, 0.2) is 54.7 Å². The molecule has 2 aromatic carbocycles. The van der Waals surface area contributed by atoms with E-state index in [1.165, 1.54) is 31.0 Å². The molecule has 1 aliphatic heterocycles. The number of aromatic nitrogens is 1. The predicted octanol–water partition coefficient (Wildman–Crippen LogP) is 4.57. The number of rotatable bonds is 6. The van der Waals surface area contributed by atoms with E-state index in [0.717, 1.165) is 17.8 Å². The lowest BCUT2D eigenvalue weighted by molar-refractivity contribution is 0.0593. The van der Waals surface area contributed by atoms with E-state index < -0.39 is 17.7 Å². The molecule has 0 spiro atoms. The third kappa shape index (κ3) is 4.79. The molecular formula is C25H25FN4O3. The number of halogens is 1. The van der Waals surface area contributed by atoms with Gasteiger partial charge in [-0.1, -0.05) is 19.9 Å². The standard InChI is InChI=1S/C25H25FN4O3/c1-25(2)14-29-21-12-17(4-6-19(21)25)30-23(31)18-11-16(5-7-20(18)26)28-13-15-8-9-27-22(10-15)24(32)33-3/h4-12,28-29H,13-14H2,1-3H3,(H,30,31). The van der Waals surface area contributed by atoms with Crippen LogP contribution in [0.5, 0.6) is 0 Å². The molecule has 33 heavy (non-hydrogen) atoms. The van der Waals surface area contributed by atoms with Crippen LogP contribution in [0.4, 0.5) is 21.5 Å². The number of carbonyl (C=O) groups is 2. The molecule has 4 rings (SSSR count). The van der Waals surface area contributed by atoms with Gasteiger partial charge in [0.25, 0.3) is 5.91 Å². The van der Waals surface area contributed by atoms with E-state index in [1.807, 2.05) is 18.2 Å². The first kappa shape index (κ1) is 22.3. The summed E-state index contributed by atoms with van der Waals surface area (Å²) in [6, 6.07) is 13.3. The fraction of sp³-hybridized carbons (Fsp3) is 0.240. The summed E-state index contributed by atoms with van der Waals surface area (Å²) in [6.45, 7) is 5.48. The topological polar surface area (TPSA) is 92.3 Å². The average Bonchev–Trinajstić information content (AvgIpc) is 3.12. The summed E-state index contributed by atoms with van der Waals surface area (Å²) in [5, 5.41) is 9.26. The van der Waals surface area contributed by atoms with Crippen molar-refractivity contribution in [2.75, 3.05) is 29.6 Å². The highest BCUT2D eigenvalue weighted by Crippen LogP contribution is 2.37. The van der Waals surface area contributed by atoms with Gasteiger partial charge in [-0.05, 0) is 53.6 Å². The monoisotopic (exact) mass is 448 g/mol. The molecule has 7 nitrogen and oxygen atoms in total. The van der Waals surface area contributed by atoms with Crippen LogP contribution in [-0.4, -0.2) is 30.5 Å². The fourth-order valence-corrected chi connectivity index (χ4v) is 3.78. The van der Waals surface area contributed by atoms with Crippen molar-refractivity contribution in [3.8, 4) is 0 Å². The Bertz CT molecular complexity index is 1230. The van der Waals surface area contributed by atoms with Crippen molar-refractivity contribution in [2.45, 2.75) is 25.8 Å². The van der Waals surface area contributed by atoms with Gasteiger partial charge in [0.1, 0.15) is 11.5 Å². The summed E-state index contributed by atoms with van der Waals surface area (Å²) in [6.07, 6.45) is 1.51. The quantitative estimate of drug-likeness (QED) is 0.478. The zero-order valence-electron chi connectivity index (χ0n) is 18.7. The number of ether oxygens (including phenoxy) is 1. The van der Waals surface area contributed by atoms with Crippen LogP contribution in [0.3, 0.4) is 0 Å². The van der Waals surface area contributed by atoms with Crippen LogP contribution in [0.25, 0.3) is 0 Å². The normalized spacial score (nSPS) is 13.6. The summed E-state index contributed by atoms with van der Waals surface area (Å²) in [4.78, 5) is 28.4. The number of nitrogens with one attached hydrogen (secondary N) is 3. The van der Waals surface area contributed by atoms with E-state index in [0.29, 0.717) is 17.9 Å². The third-order valence-electron chi connectivity index (χ3n) is 5.65. The van der Waals surface area contributed by atoms with Crippen molar-refractivity contribution in [1.82, 2.24) is 4.98 Å². The largest absolute Gasteiger partial charge is 0.464 e. The molecule has 0 aliphatic carbocycles. The van der Waals surface area contributed by atoms with Crippen molar-refractivity contribution in [3.05, 3.63) is 82.9 Å². The lowest BCUT2D eigenvalue weighted by Crippen LogP contribution is -2.18. The van der Waals surface area contributed by atoms with E-state index in [2.05, 4.69) is 39.5 Å². The van der Waals surface area contributed by atoms with E-state index >= 15 is 0 Å². The lowest BCUT2D eigenvalue weighted by atomic mass is 9.87. The Morgan fingerprint density at radius 2 is 1.91 bits per heavy atom. The number of anilines is 3. The van der Waals surface area contributed by atoms with Gasteiger partial charge in [-0.15, -0.1) is 0 Å². The van der Waals surface area contributed by atoms with Gasteiger partial charge >= 0.3 is 5.97 Å². The van der Waals surface area contributed by atoms with Crippen molar-refractivity contribution in [1.29, 1.82) is 0 Å². The number of nitrogens with zero attached hydrogens (tertiary/aromatic N) is 1. The van der Waals surface area contributed by atoms with Crippen LogP contribution in [0.2, 0.25) is 0 Å². The van der Waals surface area contributed by atoms with Crippen molar-refractivity contribution >= 4 is 28.9 Å². The molecule has 1 aliphatic rings. The molecule has 0 bridgehead atoms. The van der Waals surface area contributed by atoms with Gasteiger partial charge in [0.15, 0.2) is 0 Å². The van der Waals surface area contributed by atoms with Crippen LogP contribution in [0.1, 0.15) is 45.8 Å². The second kappa shape index (κ2) is 8.90. The molecule has 0 saturated carbocycles. The Morgan fingerprint density at radius 1 is 1.12 bits per heavy atom. The fourth-order valence-electron chi connectivity index (χ4n) is 3.78. The predicted molar refractivity (Wildman–Crippen MR) is 125 cm³/mol. The molecule has 0 atom stereocenters. The minimum absolute atomic E-state index is 0.0242. The van der Waals surface area contributed by atoms with Gasteiger partial charge in [0.05, 0.1) is 12.7 Å². The van der Waals surface area contributed by atoms with Gasteiger partial charge in [-0.2, -0.15) is 0 Å². The molecule has 0 fully saturated rings. The number of hydrogen-bond donors (Lipinski definition) is 3. The smallest absolute Gasteiger partial charge is 0.356 e. The van der Waals surface area contributed by atoms with Gasteiger partial charge in [-0.3, -0.25) is 4.79 Å². The molecule has 2 heterocycles. The summed E-state index contributed by atoms with van der Waals surface area (Å²) < 4.78 is 19.1. The highest BCUT2D eigenvalue weighted by Gasteiger charge is 2.29. The van der Waals surface area contributed by atoms with Gasteiger partial charge < -0.3 is 20.7 Å². The molecular weight excluding hydrogens is 423 g/mol. The zero-order valence-corrected chi connectivity index (χ0v) is 18.7. The van der Waals surface area contributed by atoms with Crippen molar-refractivity contribution in [3.63, 3.8) is 0 Å². The molecule has 0 radical (unpaired) electrons. The number of hydrogen-bond acceptors (Lipinski definition) is 6. The van der Waals surface area contributed by atoms with Crippen LogP contribution in [-0.2, 0) is 16.7 Å². The molecule has 3 N–H and O–H groups in total. The third-order valence-corrected chi connectivity index (χ3v) is 5.65. The molecule has 0 unspecified atom stereocenters. The summed E-state index contributed by atoms with van der Waals surface area (Å²) >= 11 is 0. The SMILES string of the molecule is COC(=O)c1cc(CNc2ccc(F)c(C(=O)Nc3ccc4c(c3)NCC4(C)C)c2)ccn1. The minimum atomic E-state index is -0.615. The summed E-state index contributed by atoms with van der Waals surface area (Å²) in [5.74, 6) is -1.68. The molecule has 8 heteroatoms. The molecule has 1 aromatic heterocycles. The van der Waals surface area contributed by atoms with Crippen molar-refractivity contribution < 1.29 is 18.7 Å². The van der Waals surface area contributed by atoms with E-state index in [-0.39, 0.29) is 16.7 Å². The summed E-state index contributed by atoms with van der Waals surface area (Å²) in [5.41, 5.74) is 4.25. The number of benzene rings is 2. The maximum absolute atomic E-state index is 14.4. The number of methoxy groups -OCH3 is 1. The van der Waals surface area contributed by atoms with Crippen LogP contribution < -0.4 is 16.0 Å². The Hall–Kier alpha value is -3.94. The number of fused-ring (bicyclic) bond motifs is 1. The molecule has 1 amide bonds. The van der Waals surface area contributed by atoms with E-state index in [4.69, 9.17) is 0 Å². The Labute approximate surface area is 191 Å². The Morgan fingerprint density at radius 3 is 2.70 bits per heavy atom. The van der Waals surface area contributed by atoms with Gasteiger partial charge in [-0.25, -0.2) is 14.2 Å². The second-order valence-corrected chi connectivity index (χ2v) is 8.54. The number of esters is 1. The van der Waals surface area contributed by atoms with Gasteiger partial charge in [0.2, 0.25) is 0 Å². The van der Waals surface area contributed by atoms with Crippen LogP contribution >= 0.6 is 0 Å². The Balaban J connectivity index is 1.46. The number of pyridine rings is 1. The summed E-state index contributed by atoms with van der Waals surface area (Å²) in [7, 11) is 1.29. The zero-order chi connectivity index (χ0) is 23.6. The lowest BCUT2D eigenvalue weighted by Gasteiger charge is -2.17. The van der Waals surface area contributed by atoms with Crippen LogP contribution in [0, 0.1) is 5.82 Å². The maximum atomic E-state index is 14.4. The maximum Gasteiger partial charge on any atom is 0.356 e. The number of carbonyl (C=O) groups excluding carboxylic acids is 2. The first-order valence-corrected chi connectivity index (χ1v) is 10.5. The molecule has 170 valence electrons. The van der Waals surface area contributed by atoms with Crippen molar-refractivity contribution in [2.24, 2.45) is 0 Å². The minimum Gasteiger partial charge on any atom is -0.464 e. The van der Waals surface area contributed by atoms with E-state index in [9.17, 15) is 14.0 Å². The first-order valence-electron chi connectivity index (χ1n) is 10.5. The first-order chi connectivity index (χ1) is 15.8. The Kier molecular flexibility index (Phi) is 6.00. The highest BCUT2D eigenvalue weighted by atomic mass is 19.1.